The molecule has 19 heavy (non-hydrogen) atoms. The van der Waals surface area contributed by atoms with Gasteiger partial charge in [0.05, 0.1) is 18.8 Å². The van der Waals surface area contributed by atoms with E-state index in [0.29, 0.717) is 19.7 Å². The highest BCUT2D eigenvalue weighted by atomic mass is 16.5. The molecular formula is C13H19N3O3. The molecule has 0 spiro atoms. The van der Waals surface area contributed by atoms with Crippen LogP contribution in [0.5, 0.6) is 0 Å². The molecule has 1 fully saturated rings. The Morgan fingerprint density at radius 1 is 1.63 bits per heavy atom. The number of carbonyl (C=O) groups is 1. The van der Waals surface area contributed by atoms with Crippen molar-refractivity contribution in [2.45, 2.75) is 13.0 Å². The lowest BCUT2D eigenvalue weighted by atomic mass is 10.1. The number of nitrogens with one attached hydrogen (secondary N) is 1. The van der Waals surface area contributed by atoms with Crippen molar-refractivity contribution in [3.63, 3.8) is 0 Å². The minimum Gasteiger partial charge on any atom is -0.480 e. The number of ether oxygens (including phenoxy) is 1. The minimum atomic E-state index is -0.811. The smallest absolute Gasteiger partial charge is 0.317 e. The minimum absolute atomic E-state index is 0.0462. The van der Waals surface area contributed by atoms with E-state index < -0.39 is 5.97 Å². The van der Waals surface area contributed by atoms with Gasteiger partial charge in [0.15, 0.2) is 0 Å². The normalized spacial score (nSPS) is 20.2. The number of carboxylic acid groups (broad SMARTS) is 1. The third kappa shape index (κ3) is 3.65. The van der Waals surface area contributed by atoms with Crippen molar-refractivity contribution in [3.05, 3.63) is 23.5 Å². The maximum Gasteiger partial charge on any atom is 0.317 e. The summed E-state index contributed by atoms with van der Waals surface area (Å²) in [5.41, 5.74) is 2.75. The van der Waals surface area contributed by atoms with Crippen LogP contribution in [0.4, 0.5) is 5.69 Å². The summed E-state index contributed by atoms with van der Waals surface area (Å²) in [4.78, 5) is 17.1. The molecule has 2 rings (SSSR count). The molecule has 0 saturated carbocycles. The van der Waals surface area contributed by atoms with Gasteiger partial charge in [-0.2, -0.15) is 0 Å². The summed E-state index contributed by atoms with van der Waals surface area (Å²) in [6.07, 6.45) is -0.167. The molecule has 1 aliphatic heterocycles. The Morgan fingerprint density at radius 3 is 3.11 bits per heavy atom. The van der Waals surface area contributed by atoms with E-state index in [0.717, 1.165) is 17.1 Å². The molecule has 0 aromatic carbocycles. The number of aryl methyl sites for hydroxylation is 1. The van der Waals surface area contributed by atoms with Crippen LogP contribution in [0.3, 0.4) is 0 Å². The van der Waals surface area contributed by atoms with E-state index in [1.807, 2.05) is 31.0 Å². The Kier molecular flexibility index (Phi) is 4.34. The molecule has 0 unspecified atom stereocenters. The van der Waals surface area contributed by atoms with Crippen molar-refractivity contribution in [3.8, 4) is 0 Å². The second-order valence-electron chi connectivity index (χ2n) is 4.66. The fourth-order valence-corrected chi connectivity index (χ4v) is 2.22. The van der Waals surface area contributed by atoms with Crippen LogP contribution in [-0.2, 0) is 9.53 Å². The number of anilines is 1. The van der Waals surface area contributed by atoms with Crippen molar-refractivity contribution in [2.24, 2.45) is 0 Å². The molecule has 1 aromatic heterocycles. The fourth-order valence-electron chi connectivity index (χ4n) is 2.22. The first-order valence-electron chi connectivity index (χ1n) is 6.30. The van der Waals surface area contributed by atoms with Gasteiger partial charge in [-0.3, -0.25) is 14.7 Å². The third-order valence-corrected chi connectivity index (χ3v) is 3.10. The Labute approximate surface area is 112 Å². The van der Waals surface area contributed by atoms with Crippen molar-refractivity contribution < 1.29 is 14.6 Å². The van der Waals surface area contributed by atoms with E-state index in [1.165, 1.54) is 0 Å². The highest BCUT2D eigenvalue weighted by Gasteiger charge is 2.24. The van der Waals surface area contributed by atoms with Crippen molar-refractivity contribution in [2.75, 3.05) is 38.6 Å². The number of carboxylic acids is 1. The van der Waals surface area contributed by atoms with E-state index in [-0.39, 0.29) is 12.6 Å². The molecular weight excluding hydrogens is 246 g/mol. The molecule has 0 bridgehead atoms. The largest absolute Gasteiger partial charge is 0.480 e. The standard InChI is InChI=1S/C13H19N3O3/c1-9-5-10(14-2)6-11(15-9)12-7-16(3-4-19-12)8-13(17)18/h5-6,12H,3-4,7-8H2,1-2H3,(H,14,15)(H,17,18)/t12-/m1/s1. The second kappa shape index (κ2) is 5.99. The van der Waals surface area contributed by atoms with Crippen molar-refractivity contribution in [1.29, 1.82) is 0 Å². The highest BCUT2D eigenvalue weighted by Crippen LogP contribution is 2.23. The summed E-state index contributed by atoms with van der Waals surface area (Å²) >= 11 is 0. The Balaban J connectivity index is 2.12. The van der Waals surface area contributed by atoms with Gasteiger partial charge in [0.2, 0.25) is 0 Å². The van der Waals surface area contributed by atoms with Gasteiger partial charge in [0.25, 0.3) is 0 Å². The predicted molar refractivity (Wildman–Crippen MR) is 71.3 cm³/mol. The van der Waals surface area contributed by atoms with Gasteiger partial charge < -0.3 is 15.2 Å². The topological polar surface area (TPSA) is 74.7 Å². The van der Waals surface area contributed by atoms with Crippen molar-refractivity contribution in [1.82, 2.24) is 9.88 Å². The maximum absolute atomic E-state index is 10.8. The number of aromatic nitrogens is 1. The Hall–Kier alpha value is -1.66. The monoisotopic (exact) mass is 265 g/mol. The van der Waals surface area contributed by atoms with Crippen LogP contribution >= 0.6 is 0 Å². The van der Waals surface area contributed by atoms with Gasteiger partial charge in [0, 0.05) is 31.5 Å². The highest BCUT2D eigenvalue weighted by molar-refractivity contribution is 5.69. The average molecular weight is 265 g/mol. The van der Waals surface area contributed by atoms with Crippen LogP contribution in [0.15, 0.2) is 12.1 Å². The number of rotatable bonds is 4. The molecule has 1 atom stereocenters. The zero-order chi connectivity index (χ0) is 13.8. The van der Waals surface area contributed by atoms with Crippen LogP contribution in [0.1, 0.15) is 17.5 Å². The van der Waals surface area contributed by atoms with Gasteiger partial charge in [0.1, 0.15) is 6.10 Å². The molecule has 1 aromatic rings. The Morgan fingerprint density at radius 2 is 2.42 bits per heavy atom. The van der Waals surface area contributed by atoms with Crippen LogP contribution in [0.2, 0.25) is 0 Å². The molecule has 0 radical (unpaired) electrons. The zero-order valence-electron chi connectivity index (χ0n) is 11.2. The SMILES string of the molecule is CNc1cc(C)nc([C@H]2CN(CC(=O)O)CCO2)c1. The second-order valence-corrected chi connectivity index (χ2v) is 4.66. The van der Waals surface area contributed by atoms with Crippen LogP contribution in [0.25, 0.3) is 0 Å². The van der Waals surface area contributed by atoms with Gasteiger partial charge in [-0.15, -0.1) is 0 Å². The van der Waals surface area contributed by atoms with E-state index in [2.05, 4.69) is 10.3 Å². The molecule has 0 amide bonds. The summed E-state index contributed by atoms with van der Waals surface area (Å²) in [5, 5.41) is 11.9. The summed E-state index contributed by atoms with van der Waals surface area (Å²) in [7, 11) is 1.86. The molecule has 6 nitrogen and oxygen atoms in total. The first-order valence-corrected chi connectivity index (χ1v) is 6.30. The quantitative estimate of drug-likeness (QED) is 0.842. The molecule has 1 aliphatic rings. The van der Waals surface area contributed by atoms with Crippen LogP contribution in [-0.4, -0.2) is 54.2 Å². The van der Waals surface area contributed by atoms with Crippen LogP contribution < -0.4 is 5.32 Å². The lowest BCUT2D eigenvalue weighted by Gasteiger charge is -2.31. The van der Waals surface area contributed by atoms with Gasteiger partial charge in [-0.05, 0) is 19.1 Å². The summed E-state index contributed by atoms with van der Waals surface area (Å²) in [6, 6.07) is 3.91. The number of pyridine rings is 1. The zero-order valence-corrected chi connectivity index (χ0v) is 11.2. The molecule has 1 saturated heterocycles. The molecule has 2 N–H and O–H groups in total. The Bertz CT molecular complexity index is 464. The van der Waals surface area contributed by atoms with Gasteiger partial charge in [-0.25, -0.2) is 0 Å². The molecule has 2 heterocycles. The average Bonchev–Trinajstić information content (AvgIpc) is 2.37. The number of hydrogen-bond acceptors (Lipinski definition) is 5. The van der Waals surface area contributed by atoms with E-state index >= 15 is 0 Å². The van der Waals surface area contributed by atoms with Crippen molar-refractivity contribution >= 4 is 11.7 Å². The maximum atomic E-state index is 10.8. The lowest BCUT2D eigenvalue weighted by Crippen LogP contribution is -2.41. The van der Waals surface area contributed by atoms with E-state index in [9.17, 15) is 4.79 Å². The van der Waals surface area contributed by atoms with Crippen LogP contribution in [0, 0.1) is 6.92 Å². The summed E-state index contributed by atoms with van der Waals surface area (Å²) in [6.45, 7) is 3.72. The number of nitrogens with zero attached hydrogens (tertiary/aromatic N) is 2. The molecule has 104 valence electrons. The number of aliphatic carboxylic acids is 1. The lowest BCUT2D eigenvalue weighted by molar-refractivity contribution is -0.140. The fraction of sp³-hybridized carbons (Fsp3) is 0.538. The van der Waals surface area contributed by atoms with Gasteiger partial charge in [-0.1, -0.05) is 0 Å². The third-order valence-electron chi connectivity index (χ3n) is 3.10. The molecule has 6 heteroatoms. The molecule has 0 aliphatic carbocycles. The van der Waals surface area contributed by atoms with E-state index in [1.54, 1.807) is 0 Å². The predicted octanol–water partition coefficient (Wildman–Crippen LogP) is 0.890. The first kappa shape index (κ1) is 13.8. The van der Waals surface area contributed by atoms with Gasteiger partial charge >= 0.3 is 5.97 Å². The first-order chi connectivity index (χ1) is 9.08. The summed E-state index contributed by atoms with van der Waals surface area (Å²) < 4.78 is 5.71. The number of hydrogen-bond donors (Lipinski definition) is 2. The number of morpholine rings is 1. The summed E-state index contributed by atoms with van der Waals surface area (Å²) in [5.74, 6) is -0.811. The van der Waals surface area contributed by atoms with E-state index in [4.69, 9.17) is 9.84 Å².